The monoisotopic (exact) mass is 373 g/mol. The Bertz CT molecular complexity index is 1020. The number of nitrogens with zero attached hydrogens (tertiary/aromatic N) is 3. The van der Waals surface area contributed by atoms with Gasteiger partial charge in [0, 0.05) is 12.1 Å². The van der Waals surface area contributed by atoms with Crippen LogP contribution in [0.15, 0.2) is 28.8 Å². The van der Waals surface area contributed by atoms with Gasteiger partial charge in [0.2, 0.25) is 4.96 Å². The molecule has 0 unspecified atom stereocenters. The fraction of sp³-hybridized carbons (Fsp3) is 0.333. The maximum Gasteiger partial charge on any atom is 0.294 e. The quantitative estimate of drug-likeness (QED) is 0.447. The molecule has 4 rings (SSSR count). The van der Waals surface area contributed by atoms with E-state index in [2.05, 4.69) is 17.0 Å². The lowest BCUT2D eigenvalue weighted by molar-refractivity contribution is 0.310. The first-order chi connectivity index (χ1) is 12.7. The number of imidazole rings is 1. The SMILES string of the molecule is CCCCOc1cc(OC)cc2oc(-c3cn4nc(OC)sc4n3)cc12. The van der Waals surface area contributed by atoms with Crippen LogP contribution in [-0.4, -0.2) is 35.4 Å². The minimum Gasteiger partial charge on any atom is -0.496 e. The lowest BCUT2D eigenvalue weighted by atomic mass is 10.2. The Labute approximate surface area is 154 Å². The van der Waals surface area contributed by atoms with E-state index in [-0.39, 0.29) is 0 Å². The Morgan fingerprint density at radius 3 is 2.81 bits per heavy atom. The van der Waals surface area contributed by atoms with Crippen molar-refractivity contribution < 1.29 is 18.6 Å². The first-order valence-corrected chi connectivity index (χ1v) is 9.18. The smallest absolute Gasteiger partial charge is 0.294 e. The van der Waals surface area contributed by atoms with Crippen molar-refractivity contribution >= 4 is 27.3 Å². The summed E-state index contributed by atoms with van der Waals surface area (Å²) in [7, 11) is 3.22. The van der Waals surface area contributed by atoms with E-state index in [1.807, 2.05) is 24.4 Å². The first-order valence-electron chi connectivity index (χ1n) is 8.36. The van der Waals surface area contributed by atoms with Crippen LogP contribution in [0.4, 0.5) is 0 Å². The van der Waals surface area contributed by atoms with Gasteiger partial charge in [-0.05, 0) is 23.8 Å². The molecular formula is C18H19N3O4S. The zero-order chi connectivity index (χ0) is 18.1. The normalized spacial score (nSPS) is 11.3. The second-order valence-electron chi connectivity index (χ2n) is 5.78. The fourth-order valence-corrected chi connectivity index (χ4v) is 3.36. The molecule has 0 aliphatic carbocycles. The molecule has 0 N–H and O–H groups in total. The number of benzene rings is 1. The van der Waals surface area contributed by atoms with Gasteiger partial charge in [0.1, 0.15) is 22.8 Å². The Morgan fingerprint density at radius 2 is 2.08 bits per heavy atom. The van der Waals surface area contributed by atoms with Gasteiger partial charge in [-0.2, -0.15) is 0 Å². The third-order valence-corrected chi connectivity index (χ3v) is 4.90. The minimum absolute atomic E-state index is 0.569. The number of hydrogen-bond donors (Lipinski definition) is 0. The van der Waals surface area contributed by atoms with Gasteiger partial charge >= 0.3 is 0 Å². The molecule has 4 aromatic rings. The van der Waals surface area contributed by atoms with Gasteiger partial charge in [0.15, 0.2) is 5.76 Å². The van der Waals surface area contributed by atoms with Crippen LogP contribution in [0.5, 0.6) is 16.7 Å². The third-order valence-electron chi connectivity index (χ3n) is 4.02. The average molecular weight is 373 g/mol. The molecule has 0 aliphatic heterocycles. The molecule has 3 aromatic heterocycles. The summed E-state index contributed by atoms with van der Waals surface area (Å²) in [6, 6.07) is 5.68. The summed E-state index contributed by atoms with van der Waals surface area (Å²) in [6.45, 7) is 2.79. The summed E-state index contributed by atoms with van der Waals surface area (Å²) in [4.78, 5) is 5.31. The van der Waals surface area contributed by atoms with Crippen LogP contribution in [0.25, 0.3) is 27.4 Å². The van der Waals surface area contributed by atoms with Gasteiger partial charge < -0.3 is 18.6 Å². The largest absolute Gasteiger partial charge is 0.496 e. The maximum absolute atomic E-state index is 6.01. The van der Waals surface area contributed by atoms with E-state index in [1.165, 1.54) is 11.3 Å². The molecule has 0 fully saturated rings. The van der Waals surface area contributed by atoms with Crippen molar-refractivity contribution in [2.45, 2.75) is 19.8 Å². The van der Waals surface area contributed by atoms with Gasteiger partial charge in [-0.25, -0.2) is 9.50 Å². The van der Waals surface area contributed by atoms with Crippen LogP contribution >= 0.6 is 11.3 Å². The second kappa shape index (κ2) is 6.87. The summed E-state index contributed by atoms with van der Waals surface area (Å²) in [5.41, 5.74) is 1.41. The molecule has 0 saturated heterocycles. The van der Waals surface area contributed by atoms with E-state index in [9.17, 15) is 0 Å². The zero-order valence-corrected chi connectivity index (χ0v) is 15.6. The van der Waals surface area contributed by atoms with Crippen LogP contribution < -0.4 is 14.2 Å². The summed E-state index contributed by atoms with van der Waals surface area (Å²) < 4.78 is 24.1. The Hall–Kier alpha value is -2.74. The number of methoxy groups -OCH3 is 2. The Kier molecular flexibility index (Phi) is 4.42. The number of hydrogen-bond acceptors (Lipinski definition) is 7. The molecule has 1 aromatic carbocycles. The van der Waals surface area contributed by atoms with Gasteiger partial charge in [0.05, 0.1) is 32.4 Å². The molecule has 136 valence electrons. The van der Waals surface area contributed by atoms with E-state index < -0.39 is 0 Å². The molecule has 0 bridgehead atoms. The van der Waals surface area contributed by atoms with E-state index in [0.717, 1.165) is 28.9 Å². The molecule has 0 amide bonds. The van der Waals surface area contributed by atoms with Crippen LogP contribution in [0.1, 0.15) is 19.8 Å². The molecule has 3 heterocycles. The maximum atomic E-state index is 6.01. The second-order valence-corrected chi connectivity index (χ2v) is 6.69. The standard InChI is InChI=1S/C18H19N3O4S/c1-4-5-6-24-14-7-11(22-2)8-15-12(14)9-16(25-15)13-10-21-17(19-13)26-18(20-21)23-3/h7-10H,4-6H2,1-3H3. The van der Waals surface area contributed by atoms with Crippen molar-refractivity contribution in [3.8, 4) is 28.1 Å². The van der Waals surface area contributed by atoms with E-state index in [0.29, 0.717) is 34.6 Å². The van der Waals surface area contributed by atoms with Crippen LogP contribution in [0, 0.1) is 0 Å². The van der Waals surface area contributed by atoms with E-state index >= 15 is 0 Å². The van der Waals surface area contributed by atoms with Crippen LogP contribution in [-0.2, 0) is 0 Å². The molecule has 26 heavy (non-hydrogen) atoms. The topological polar surface area (TPSA) is 71.0 Å². The highest BCUT2D eigenvalue weighted by Gasteiger charge is 2.17. The highest BCUT2D eigenvalue weighted by Crippen LogP contribution is 2.37. The number of furan rings is 1. The van der Waals surface area contributed by atoms with Gasteiger partial charge in [0.25, 0.3) is 5.19 Å². The highest BCUT2D eigenvalue weighted by molar-refractivity contribution is 7.18. The predicted octanol–water partition coefficient (Wildman–Crippen LogP) is 4.40. The van der Waals surface area contributed by atoms with Crippen molar-refractivity contribution in [3.63, 3.8) is 0 Å². The van der Waals surface area contributed by atoms with Crippen molar-refractivity contribution in [3.05, 3.63) is 24.4 Å². The fourth-order valence-electron chi connectivity index (χ4n) is 2.66. The molecule has 0 atom stereocenters. The van der Waals surface area contributed by atoms with Crippen molar-refractivity contribution in [2.24, 2.45) is 0 Å². The zero-order valence-electron chi connectivity index (χ0n) is 14.8. The predicted molar refractivity (Wildman–Crippen MR) is 99.6 cm³/mol. The average Bonchev–Trinajstić information content (AvgIpc) is 3.33. The van der Waals surface area contributed by atoms with Gasteiger partial charge in [-0.1, -0.05) is 13.3 Å². The lowest BCUT2D eigenvalue weighted by Gasteiger charge is -2.08. The number of unbranched alkanes of at least 4 members (excludes halogenated alkanes) is 1. The molecule has 0 aliphatic rings. The number of rotatable bonds is 7. The molecule has 7 nitrogen and oxygen atoms in total. The summed E-state index contributed by atoms with van der Waals surface area (Å²) in [5.74, 6) is 2.11. The molecule has 0 spiro atoms. The number of fused-ring (bicyclic) bond motifs is 2. The van der Waals surface area contributed by atoms with Gasteiger partial charge in [-0.3, -0.25) is 0 Å². The van der Waals surface area contributed by atoms with Crippen LogP contribution in [0.3, 0.4) is 0 Å². The number of aromatic nitrogens is 3. The molecular weight excluding hydrogens is 354 g/mol. The third kappa shape index (κ3) is 2.96. The summed E-state index contributed by atoms with van der Waals surface area (Å²) >= 11 is 1.37. The first kappa shape index (κ1) is 16.7. The van der Waals surface area contributed by atoms with Crippen molar-refractivity contribution in [1.82, 2.24) is 14.6 Å². The van der Waals surface area contributed by atoms with Crippen molar-refractivity contribution in [1.29, 1.82) is 0 Å². The Morgan fingerprint density at radius 1 is 1.19 bits per heavy atom. The van der Waals surface area contributed by atoms with E-state index in [4.69, 9.17) is 18.6 Å². The molecule has 0 saturated carbocycles. The summed E-state index contributed by atoms with van der Waals surface area (Å²) in [6.07, 6.45) is 3.89. The lowest BCUT2D eigenvalue weighted by Crippen LogP contribution is -1.97. The molecule has 0 radical (unpaired) electrons. The van der Waals surface area contributed by atoms with Crippen LogP contribution in [0.2, 0.25) is 0 Å². The minimum atomic E-state index is 0.569. The van der Waals surface area contributed by atoms with Gasteiger partial charge in [-0.15, -0.1) is 5.10 Å². The Balaban J connectivity index is 1.74. The molecule has 8 heteroatoms. The highest BCUT2D eigenvalue weighted by atomic mass is 32.1. The number of ether oxygens (including phenoxy) is 3. The summed E-state index contributed by atoms with van der Waals surface area (Å²) in [5, 5.41) is 5.76. The van der Waals surface area contributed by atoms with Crippen molar-refractivity contribution in [2.75, 3.05) is 20.8 Å². The van der Waals surface area contributed by atoms with E-state index in [1.54, 1.807) is 18.7 Å².